The number of fused-ring (bicyclic) bond motifs is 1. The Bertz CT molecular complexity index is 942. The van der Waals surface area contributed by atoms with Gasteiger partial charge in [-0.2, -0.15) is 5.10 Å². The maximum atomic E-state index is 12.5. The van der Waals surface area contributed by atoms with Crippen LogP contribution >= 0.6 is 0 Å². The second-order valence-corrected chi connectivity index (χ2v) is 6.11. The van der Waals surface area contributed by atoms with E-state index >= 15 is 0 Å². The van der Waals surface area contributed by atoms with Gasteiger partial charge in [-0.25, -0.2) is 10.4 Å². The molecule has 0 unspecified atom stereocenters. The molecule has 6 heteroatoms. The van der Waals surface area contributed by atoms with Crippen LogP contribution in [-0.2, 0) is 6.42 Å². The number of nitrogens with zero attached hydrogens (tertiary/aromatic N) is 3. The molecule has 0 aliphatic carbocycles. The molecule has 0 aliphatic heterocycles. The Hall–Kier alpha value is -3.15. The first-order chi connectivity index (χ1) is 12.6. The van der Waals surface area contributed by atoms with E-state index in [4.69, 9.17) is 4.74 Å². The van der Waals surface area contributed by atoms with Crippen LogP contribution < -0.4 is 10.2 Å². The Morgan fingerprint density at radius 1 is 1.23 bits per heavy atom. The third-order valence-corrected chi connectivity index (χ3v) is 4.20. The molecule has 1 aromatic carbocycles. The van der Waals surface area contributed by atoms with E-state index in [0.29, 0.717) is 11.4 Å². The van der Waals surface area contributed by atoms with Crippen molar-refractivity contribution < 1.29 is 9.53 Å². The summed E-state index contributed by atoms with van der Waals surface area (Å²) in [5.74, 6) is 0.583. The Labute approximate surface area is 152 Å². The van der Waals surface area contributed by atoms with Crippen LogP contribution in [0.15, 0.2) is 53.8 Å². The second-order valence-electron chi connectivity index (χ2n) is 6.11. The molecule has 2 heterocycles. The number of hydrazone groups is 1. The number of hydrogen-bond donors (Lipinski definition) is 1. The number of aryl methyl sites for hydroxylation is 2. The number of hydrogen-bond acceptors (Lipinski definition) is 4. The van der Waals surface area contributed by atoms with Crippen LogP contribution in [0.1, 0.15) is 35.1 Å². The highest BCUT2D eigenvalue weighted by molar-refractivity contribution is 5.95. The maximum absolute atomic E-state index is 12.5. The molecule has 0 spiro atoms. The average molecular weight is 350 g/mol. The highest BCUT2D eigenvalue weighted by Crippen LogP contribution is 2.13. The maximum Gasteiger partial charge on any atom is 0.290 e. The number of imidazole rings is 1. The number of carbonyl (C=O) groups excluding carboxylic acids is 1. The van der Waals surface area contributed by atoms with Gasteiger partial charge in [0, 0.05) is 11.9 Å². The van der Waals surface area contributed by atoms with E-state index < -0.39 is 0 Å². The molecule has 1 N–H and O–H groups in total. The molecule has 0 radical (unpaired) electrons. The van der Waals surface area contributed by atoms with Gasteiger partial charge in [-0.05, 0) is 56.5 Å². The summed E-state index contributed by atoms with van der Waals surface area (Å²) in [5, 5.41) is 4.23. The Morgan fingerprint density at radius 3 is 2.73 bits per heavy atom. The molecule has 1 amide bonds. The summed E-state index contributed by atoms with van der Waals surface area (Å²) in [4.78, 5) is 16.9. The summed E-state index contributed by atoms with van der Waals surface area (Å²) in [6, 6.07) is 13.6. The molecule has 134 valence electrons. The van der Waals surface area contributed by atoms with Crippen molar-refractivity contribution in [2.75, 3.05) is 7.11 Å². The third kappa shape index (κ3) is 3.91. The number of benzene rings is 1. The van der Waals surface area contributed by atoms with Crippen LogP contribution in [0, 0.1) is 6.92 Å². The van der Waals surface area contributed by atoms with Crippen molar-refractivity contribution in [3.63, 3.8) is 0 Å². The molecule has 3 rings (SSSR count). The van der Waals surface area contributed by atoms with Crippen molar-refractivity contribution in [1.82, 2.24) is 14.8 Å². The molecular weight excluding hydrogens is 328 g/mol. The van der Waals surface area contributed by atoms with Crippen molar-refractivity contribution in [3.05, 3.63) is 65.6 Å². The van der Waals surface area contributed by atoms with Gasteiger partial charge >= 0.3 is 0 Å². The summed E-state index contributed by atoms with van der Waals surface area (Å²) in [6.07, 6.45) is 3.44. The monoisotopic (exact) mass is 350 g/mol. The van der Waals surface area contributed by atoms with Gasteiger partial charge in [0.15, 0.2) is 0 Å². The Balaban J connectivity index is 1.62. The lowest BCUT2D eigenvalue weighted by Crippen LogP contribution is -2.21. The lowest BCUT2D eigenvalue weighted by molar-refractivity contribution is 0.0948. The summed E-state index contributed by atoms with van der Waals surface area (Å²) >= 11 is 0. The molecule has 3 aromatic rings. The molecule has 0 aliphatic rings. The minimum absolute atomic E-state index is 0.259. The van der Waals surface area contributed by atoms with Crippen LogP contribution in [0.3, 0.4) is 0 Å². The molecule has 2 aromatic heterocycles. The summed E-state index contributed by atoms with van der Waals surface area (Å²) in [5.41, 5.74) is 6.63. The van der Waals surface area contributed by atoms with E-state index in [1.54, 1.807) is 11.5 Å². The number of aromatic nitrogens is 2. The third-order valence-electron chi connectivity index (χ3n) is 4.20. The highest BCUT2D eigenvalue weighted by Gasteiger charge is 2.15. The van der Waals surface area contributed by atoms with Crippen molar-refractivity contribution in [2.24, 2.45) is 5.10 Å². The van der Waals surface area contributed by atoms with Crippen LogP contribution in [0.25, 0.3) is 5.65 Å². The lowest BCUT2D eigenvalue weighted by Gasteiger charge is -2.05. The fraction of sp³-hybridized carbons (Fsp3) is 0.250. The van der Waals surface area contributed by atoms with E-state index in [0.717, 1.165) is 30.0 Å². The van der Waals surface area contributed by atoms with Crippen molar-refractivity contribution in [3.8, 4) is 5.75 Å². The minimum atomic E-state index is -0.259. The zero-order chi connectivity index (χ0) is 18.5. The second kappa shape index (κ2) is 7.82. The first-order valence-corrected chi connectivity index (χ1v) is 8.48. The normalized spacial score (nSPS) is 11.6. The van der Waals surface area contributed by atoms with Gasteiger partial charge < -0.3 is 4.74 Å². The lowest BCUT2D eigenvalue weighted by atomic mass is 10.1. The van der Waals surface area contributed by atoms with Gasteiger partial charge in [-0.15, -0.1) is 0 Å². The van der Waals surface area contributed by atoms with E-state index in [1.165, 1.54) is 5.56 Å². The predicted octanol–water partition coefficient (Wildman–Crippen LogP) is 3.39. The smallest absolute Gasteiger partial charge is 0.290 e. The molecule has 0 bridgehead atoms. The van der Waals surface area contributed by atoms with E-state index in [1.807, 2.05) is 62.5 Å². The summed E-state index contributed by atoms with van der Waals surface area (Å²) in [6.45, 7) is 3.73. The van der Waals surface area contributed by atoms with Gasteiger partial charge in [-0.1, -0.05) is 18.2 Å². The first-order valence-electron chi connectivity index (χ1n) is 8.48. The quantitative estimate of drug-likeness (QED) is 0.547. The van der Waals surface area contributed by atoms with E-state index in [-0.39, 0.29) is 5.91 Å². The fourth-order valence-corrected chi connectivity index (χ4v) is 2.76. The highest BCUT2D eigenvalue weighted by atomic mass is 16.5. The standard InChI is InChI=1S/C20H22N4O2/c1-14(7-8-16-9-11-17(26-3)12-10-16)22-23-20(25)19-15(2)21-18-6-4-5-13-24(18)19/h4-6,9-13H,7-8H2,1-3H3,(H,23,25)/b22-14-. The zero-order valence-electron chi connectivity index (χ0n) is 15.2. The number of carbonyl (C=O) groups is 1. The van der Waals surface area contributed by atoms with Gasteiger partial charge in [0.05, 0.1) is 12.8 Å². The molecule has 0 atom stereocenters. The molecule has 0 saturated heterocycles. The van der Waals surface area contributed by atoms with Gasteiger partial charge in [0.25, 0.3) is 5.91 Å². The largest absolute Gasteiger partial charge is 0.497 e. The minimum Gasteiger partial charge on any atom is -0.497 e. The number of pyridine rings is 1. The van der Waals surface area contributed by atoms with Crippen LogP contribution in [0.5, 0.6) is 5.75 Å². The van der Waals surface area contributed by atoms with Gasteiger partial charge in [0.1, 0.15) is 17.1 Å². The summed E-state index contributed by atoms with van der Waals surface area (Å²) in [7, 11) is 1.65. The Kier molecular flexibility index (Phi) is 5.31. The van der Waals surface area contributed by atoms with Gasteiger partial charge in [0.2, 0.25) is 0 Å². The first kappa shape index (κ1) is 17.7. The van der Waals surface area contributed by atoms with E-state index in [2.05, 4.69) is 15.5 Å². The molecule has 0 fully saturated rings. The summed E-state index contributed by atoms with van der Waals surface area (Å²) < 4.78 is 6.93. The number of ether oxygens (including phenoxy) is 1. The number of amides is 1. The van der Waals surface area contributed by atoms with Crippen LogP contribution in [0.2, 0.25) is 0 Å². The van der Waals surface area contributed by atoms with Crippen LogP contribution in [0.4, 0.5) is 0 Å². The van der Waals surface area contributed by atoms with E-state index in [9.17, 15) is 4.79 Å². The van der Waals surface area contributed by atoms with Crippen molar-refractivity contribution >= 4 is 17.3 Å². The topological polar surface area (TPSA) is 68.0 Å². The van der Waals surface area contributed by atoms with Gasteiger partial charge in [-0.3, -0.25) is 9.20 Å². The molecule has 0 saturated carbocycles. The molecule has 26 heavy (non-hydrogen) atoms. The number of nitrogens with one attached hydrogen (secondary N) is 1. The fourth-order valence-electron chi connectivity index (χ4n) is 2.76. The zero-order valence-corrected chi connectivity index (χ0v) is 15.2. The predicted molar refractivity (Wildman–Crippen MR) is 102 cm³/mol. The molecule has 6 nitrogen and oxygen atoms in total. The average Bonchev–Trinajstić information content (AvgIpc) is 3.00. The van der Waals surface area contributed by atoms with Crippen molar-refractivity contribution in [2.45, 2.75) is 26.7 Å². The molecular formula is C20H22N4O2. The van der Waals surface area contributed by atoms with Crippen LogP contribution in [-0.4, -0.2) is 28.1 Å². The number of methoxy groups -OCH3 is 1. The van der Waals surface area contributed by atoms with Crippen molar-refractivity contribution in [1.29, 1.82) is 0 Å². The Morgan fingerprint density at radius 2 is 2.00 bits per heavy atom. The SMILES string of the molecule is COc1ccc(CC/C(C)=N\NC(=O)c2c(C)nc3ccccn23)cc1. The number of rotatable bonds is 6.